The van der Waals surface area contributed by atoms with Crippen molar-refractivity contribution in [2.24, 2.45) is 0 Å². The molecule has 0 aromatic carbocycles. The summed E-state index contributed by atoms with van der Waals surface area (Å²) in [5.74, 6) is 0. The number of halogens is 4. The van der Waals surface area contributed by atoms with Gasteiger partial charge in [0.25, 0.3) is 0 Å². The summed E-state index contributed by atoms with van der Waals surface area (Å²) in [4.78, 5) is 0. The van der Waals surface area contributed by atoms with Crippen LogP contribution in [0.15, 0.2) is 0 Å². The Labute approximate surface area is 52.6 Å². The summed E-state index contributed by atoms with van der Waals surface area (Å²) in [7, 11) is 13.4. The van der Waals surface area contributed by atoms with Gasteiger partial charge in [0.2, 0.25) is 0 Å². The molecule has 5 heteroatoms. The summed E-state index contributed by atoms with van der Waals surface area (Å²) >= 11 is -2.09. The Balaban J connectivity index is 3.02. The van der Waals surface area contributed by atoms with Gasteiger partial charge in [-0.25, -0.2) is 0 Å². The molecule has 5 heavy (non-hydrogen) atoms. The third-order valence-electron chi connectivity index (χ3n) is 0. The Morgan fingerprint density at radius 2 is 0.800 bits per heavy atom. The molecule has 30 valence electrons. The van der Waals surface area contributed by atoms with Crippen molar-refractivity contribution in [3.05, 3.63) is 0 Å². The zero-order valence-electron chi connectivity index (χ0n) is 2.22. The molecule has 0 heterocycles. The fourth-order valence-electron chi connectivity index (χ4n) is 0. The van der Waals surface area contributed by atoms with Gasteiger partial charge in [-0.3, -0.25) is 0 Å². The van der Waals surface area contributed by atoms with Crippen molar-refractivity contribution in [1.29, 1.82) is 0 Å². The van der Waals surface area contributed by atoms with Crippen molar-refractivity contribution in [2.75, 3.05) is 0 Å². The standard InChI is InChI=1S/4BrH.Sr/h4*1H;/q;;;;+4/p-4. The summed E-state index contributed by atoms with van der Waals surface area (Å²) in [6.07, 6.45) is 0. The fourth-order valence-corrected chi connectivity index (χ4v) is 0. The maximum atomic E-state index is 3.36. The average molecular weight is 407 g/mol. The Bertz CT molecular complexity index is 19.1. The minimum atomic E-state index is -2.09. The normalized spacial score (nSPS) is 12.0. The molecule has 0 aliphatic heterocycles. The van der Waals surface area contributed by atoms with Gasteiger partial charge in [-0.1, -0.05) is 0 Å². The summed E-state index contributed by atoms with van der Waals surface area (Å²) in [5.41, 5.74) is 0. The van der Waals surface area contributed by atoms with Crippen LogP contribution in [0.5, 0.6) is 0 Å². The first-order chi connectivity index (χ1) is 2.00. The van der Waals surface area contributed by atoms with E-state index in [2.05, 4.69) is 31.8 Å². The van der Waals surface area contributed by atoms with Crippen molar-refractivity contribution >= 4 is 55.2 Å². The minimum absolute atomic E-state index is 2.09. The van der Waals surface area contributed by atoms with Crippen LogP contribution in [0.1, 0.15) is 0 Å². The first-order valence-corrected chi connectivity index (χ1v) is 32.9. The molecule has 0 N–H and O–H groups in total. The van der Waals surface area contributed by atoms with Crippen LogP contribution in [-0.4, -0.2) is 23.4 Å². The summed E-state index contributed by atoms with van der Waals surface area (Å²) in [6, 6.07) is 0. The predicted octanol–water partition coefficient (Wildman–Crippen LogP) is 3.00. The van der Waals surface area contributed by atoms with E-state index >= 15 is 0 Å². The third kappa shape index (κ3) is 18.7. The Kier molecular flexibility index (Phi) is 5.76. The first kappa shape index (κ1) is 8.40. The summed E-state index contributed by atoms with van der Waals surface area (Å²) < 4.78 is 0. The second-order valence-corrected chi connectivity index (χ2v) is 96.8. The van der Waals surface area contributed by atoms with Crippen LogP contribution in [0.25, 0.3) is 0 Å². The Morgan fingerprint density at radius 3 is 0.800 bits per heavy atom. The molecule has 0 aromatic heterocycles. The Morgan fingerprint density at radius 1 is 0.800 bits per heavy atom. The van der Waals surface area contributed by atoms with E-state index in [1.807, 2.05) is 0 Å². The van der Waals surface area contributed by atoms with Gasteiger partial charge in [-0.2, -0.15) is 0 Å². The molecule has 0 aromatic rings. The van der Waals surface area contributed by atoms with E-state index in [9.17, 15) is 0 Å². The molecule has 0 nitrogen and oxygen atoms in total. The number of hydrogen-bond acceptors (Lipinski definition) is 0. The molecule has 0 fully saturated rings. The van der Waals surface area contributed by atoms with E-state index in [-0.39, 0.29) is 0 Å². The molecule has 0 bridgehead atoms. The monoisotopic (exact) mass is 404 g/mol. The van der Waals surface area contributed by atoms with Gasteiger partial charge in [-0.05, 0) is 0 Å². The van der Waals surface area contributed by atoms with Crippen LogP contribution in [0.4, 0.5) is 0 Å². The molecule has 0 atom stereocenters. The van der Waals surface area contributed by atoms with Gasteiger partial charge in [0.05, 0.1) is 0 Å². The van der Waals surface area contributed by atoms with Crippen molar-refractivity contribution in [3.63, 3.8) is 0 Å². The fraction of sp³-hybridized carbons (Fsp3) is 0. The van der Waals surface area contributed by atoms with E-state index in [0.29, 0.717) is 0 Å². The van der Waals surface area contributed by atoms with Crippen LogP contribution in [-0.2, 0) is 0 Å². The van der Waals surface area contributed by atoms with E-state index in [4.69, 9.17) is 0 Å². The number of rotatable bonds is 0. The molecular formula is Br4Sr. The van der Waals surface area contributed by atoms with Gasteiger partial charge in [0, 0.05) is 0 Å². The van der Waals surface area contributed by atoms with E-state index < -0.39 is 23.4 Å². The third-order valence-corrected chi connectivity index (χ3v) is 0. The molecule has 2 radical (unpaired) electrons. The van der Waals surface area contributed by atoms with Gasteiger partial charge >= 0.3 is 55.2 Å². The van der Waals surface area contributed by atoms with Crippen molar-refractivity contribution in [2.45, 2.75) is 0 Å². The average Bonchev–Trinajstić information content (AvgIpc) is 0.722. The SMILES string of the molecule is [Br][Sr]([Br])([Br])[Br]. The quantitative estimate of drug-likeness (QED) is 0.542. The molecular weight excluding hydrogens is 407 g/mol. The first-order valence-electron chi connectivity index (χ1n) is 1.07. The van der Waals surface area contributed by atoms with Crippen LogP contribution >= 0.6 is 31.8 Å². The molecule has 0 rings (SSSR count). The molecule has 0 amide bonds. The van der Waals surface area contributed by atoms with Crippen LogP contribution in [0, 0.1) is 0 Å². The number of hydrogen-bond donors (Lipinski definition) is 0. The molecule has 0 aliphatic carbocycles. The van der Waals surface area contributed by atoms with Gasteiger partial charge in [0.1, 0.15) is 0 Å². The Hall–Kier alpha value is 3.40. The predicted molar refractivity (Wildman–Crippen MR) is 41.5 cm³/mol. The van der Waals surface area contributed by atoms with Crippen molar-refractivity contribution < 1.29 is 0 Å². The maximum absolute atomic E-state index is 3.36. The van der Waals surface area contributed by atoms with E-state index in [1.54, 1.807) is 0 Å². The summed E-state index contributed by atoms with van der Waals surface area (Å²) in [5, 5.41) is 0. The van der Waals surface area contributed by atoms with E-state index in [0.717, 1.165) is 0 Å². The zero-order chi connectivity index (χ0) is 4.50. The van der Waals surface area contributed by atoms with Crippen molar-refractivity contribution in [1.82, 2.24) is 0 Å². The molecule has 0 saturated heterocycles. The van der Waals surface area contributed by atoms with Gasteiger partial charge in [-0.15, -0.1) is 0 Å². The molecule has 0 saturated carbocycles. The van der Waals surface area contributed by atoms with Crippen LogP contribution < -0.4 is 0 Å². The van der Waals surface area contributed by atoms with Gasteiger partial charge in [0.15, 0.2) is 0 Å². The second kappa shape index (κ2) is 3.43. The molecule has 0 unspecified atom stereocenters. The van der Waals surface area contributed by atoms with Crippen molar-refractivity contribution in [3.8, 4) is 0 Å². The molecule has 0 aliphatic rings. The topological polar surface area (TPSA) is 0 Å². The second-order valence-electron chi connectivity index (χ2n) is 0.606. The summed E-state index contributed by atoms with van der Waals surface area (Å²) in [6.45, 7) is 0. The van der Waals surface area contributed by atoms with E-state index in [1.165, 1.54) is 0 Å². The zero-order valence-corrected chi connectivity index (χ0v) is 12.0. The van der Waals surface area contributed by atoms with Crippen LogP contribution in [0.3, 0.4) is 0 Å². The van der Waals surface area contributed by atoms with Gasteiger partial charge < -0.3 is 0 Å². The van der Waals surface area contributed by atoms with Crippen LogP contribution in [0.2, 0.25) is 0 Å². The molecule has 0 spiro atoms.